The predicted octanol–water partition coefficient (Wildman–Crippen LogP) is 0.332. The maximum Gasteiger partial charge on any atom is 0.268 e. The lowest BCUT2D eigenvalue weighted by Crippen LogP contribution is -2.30. The SMILES string of the molecule is NC(=O)c1csc(CNC(=O)CS(=O)(=O)c2ccccc2)n1. The third-order valence-electron chi connectivity index (χ3n) is 2.66. The number of sulfone groups is 1. The fourth-order valence-corrected chi connectivity index (χ4v) is 3.52. The van der Waals surface area contributed by atoms with Crippen LogP contribution >= 0.6 is 11.3 Å². The van der Waals surface area contributed by atoms with Crippen LogP contribution in [0.1, 0.15) is 15.5 Å². The number of thiazole rings is 1. The van der Waals surface area contributed by atoms with Gasteiger partial charge in [0.15, 0.2) is 9.84 Å². The number of carbonyl (C=O) groups is 2. The Hall–Kier alpha value is -2.26. The first kappa shape index (κ1) is 16.1. The minimum absolute atomic E-state index is 0.0427. The monoisotopic (exact) mass is 339 g/mol. The van der Waals surface area contributed by atoms with Crippen LogP contribution in [0.3, 0.4) is 0 Å². The van der Waals surface area contributed by atoms with Gasteiger partial charge in [0.1, 0.15) is 16.5 Å². The van der Waals surface area contributed by atoms with Crippen LogP contribution in [0.25, 0.3) is 0 Å². The minimum Gasteiger partial charge on any atom is -0.364 e. The number of nitrogens with zero attached hydrogens (tertiary/aromatic N) is 1. The molecule has 9 heteroatoms. The Balaban J connectivity index is 1.94. The molecule has 0 aliphatic carbocycles. The Morgan fingerprint density at radius 2 is 1.91 bits per heavy atom. The van der Waals surface area contributed by atoms with Gasteiger partial charge in [0.05, 0.1) is 11.4 Å². The van der Waals surface area contributed by atoms with Crippen LogP contribution in [0.2, 0.25) is 0 Å². The van der Waals surface area contributed by atoms with E-state index in [0.29, 0.717) is 5.01 Å². The molecule has 0 saturated heterocycles. The Kier molecular flexibility index (Phi) is 4.88. The number of nitrogens with one attached hydrogen (secondary N) is 1. The largest absolute Gasteiger partial charge is 0.364 e. The van der Waals surface area contributed by atoms with Gasteiger partial charge in [-0.15, -0.1) is 11.3 Å². The quantitative estimate of drug-likeness (QED) is 0.786. The molecule has 7 nitrogen and oxygen atoms in total. The summed E-state index contributed by atoms with van der Waals surface area (Å²) in [5.41, 5.74) is 5.19. The molecule has 0 fully saturated rings. The number of aromatic nitrogens is 1. The van der Waals surface area contributed by atoms with E-state index >= 15 is 0 Å². The zero-order valence-electron chi connectivity index (χ0n) is 11.4. The molecular weight excluding hydrogens is 326 g/mol. The molecule has 116 valence electrons. The lowest BCUT2D eigenvalue weighted by molar-refractivity contribution is -0.118. The minimum atomic E-state index is -3.68. The summed E-state index contributed by atoms with van der Waals surface area (Å²) in [7, 11) is -3.68. The maximum atomic E-state index is 12.0. The number of rotatable bonds is 6. The van der Waals surface area contributed by atoms with E-state index in [2.05, 4.69) is 10.3 Å². The van der Waals surface area contributed by atoms with Gasteiger partial charge in [-0.05, 0) is 12.1 Å². The van der Waals surface area contributed by atoms with Crippen molar-refractivity contribution >= 4 is 33.0 Å². The third-order valence-corrected chi connectivity index (χ3v) is 5.15. The second kappa shape index (κ2) is 6.67. The van der Waals surface area contributed by atoms with Gasteiger partial charge in [-0.1, -0.05) is 18.2 Å². The highest BCUT2D eigenvalue weighted by atomic mass is 32.2. The van der Waals surface area contributed by atoms with Gasteiger partial charge in [0.2, 0.25) is 5.91 Å². The molecule has 0 aliphatic heterocycles. The number of amides is 2. The molecule has 0 radical (unpaired) electrons. The second-order valence-electron chi connectivity index (χ2n) is 4.34. The lowest BCUT2D eigenvalue weighted by atomic mass is 10.4. The molecule has 3 N–H and O–H groups in total. The fraction of sp³-hybridized carbons (Fsp3) is 0.154. The van der Waals surface area contributed by atoms with Gasteiger partial charge in [-0.3, -0.25) is 9.59 Å². The summed E-state index contributed by atoms with van der Waals surface area (Å²) in [5.74, 6) is -1.94. The van der Waals surface area contributed by atoms with E-state index in [4.69, 9.17) is 5.73 Å². The molecule has 1 aromatic heterocycles. The summed E-state index contributed by atoms with van der Waals surface area (Å²) >= 11 is 1.16. The van der Waals surface area contributed by atoms with Crippen molar-refractivity contribution in [2.75, 3.05) is 5.75 Å². The van der Waals surface area contributed by atoms with E-state index in [1.807, 2.05) is 0 Å². The van der Waals surface area contributed by atoms with Crippen molar-refractivity contribution in [1.29, 1.82) is 0 Å². The summed E-state index contributed by atoms with van der Waals surface area (Å²) in [5, 5.41) is 4.40. The number of carbonyl (C=O) groups excluding carboxylic acids is 2. The van der Waals surface area contributed by atoms with E-state index in [1.165, 1.54) is 17.5 Å². The van der Waals surface area contributed by atoms with Crippen molar-refractivity contribution in [2.45, 2.75) is 11.4 Å². The van der Waals surface area contributed by atoms with Crippen molar-refractivity contribution in [3.05, 3.63) is 46.4 Å². The zero-order valence-corrected chi connectivity index (χ0v) is 13.0. The lowest BCUT2D eigenvalue weighted by Gasteiger charge is -2.05. The van der Waals surface area contributed by atoms with Crippen LogP contribution in [0, 0.1) is 0 Å². The van der Waals surface area contributed by atoms with Crippen LogP contribution in [0.15, 0.2) is 40.6 Å². The van der Waals surface area contributed by atoms with E-state index in [-0.39, 0.29) is 17.1 Å². The van der Waals surface area contributed by atoms with Crippen molar-refractivity contribution in [1.82, 2.24) is 10.3 Å². The molecule has 0 atom stereocenters. The molecule has 2 aromatic rings. The van der Waals surface area contributed by atoms with Gasteiger partial charge in [0, 0.05) is 5.38 Å². The molecule has 22 heavy (non-hydrogen) atoms. The fourth-order valence-electron chi connectivity index (χ4n) is 1.61. The van der Waals surface area contributed by atoms with Gasteiger partial charge in [0.25, 0.3) is 5.91 Å². The summed E-state index contributed by atoms with van der Waals surface area (Å²) in [6.45, 7) is 0.0427. The molecule has 1 heterocycles. The molecule has 1 aromatic carbocycles. The van der Waals surface area contributed by atoms with Crippen LogP contribution < -0.4 is 11.1 Å². The van der Waals surface area contributed by atoms with E-state index < -0.39 is 27.4 Å². The summed E-state index contributed by atoms with van der Waals surface area (Å²) in [6.07, 6.45) is 0. The molecule has 0 aliphatic rings. The Morgan fingerprint density at radius 1 is 1.23 bits per heavy atom. The summed E-state index contributed by atoms with van der Waals surface area (Å²) < 4.78 is 24.0. The van der Waals surface area contributed by atoms with E-state index in [0.717, 1.165) is 11.3 Å². The van der Waals surface area contributed by atoms with Crippen LogP contribution in [-0.4, -0.2) is 31.0 Å². The first-order valence-corrected chi connectivity index (χ1v) is 8.70. The molecule has 0 unspecified atom stereocenters. The van der Waals surface area contributed by atoms with E-state index in [9.17, 15) is 18.0 Å². The van der Waals surface area contributed by atoms with E-state index in [1.54, 1.807) is 18.2 Å². The Morgan fingerprint density at radius 3 is 2.50 bits per heavy atom. The molecule has 0 bridgehead atoms. The number of hydrogen-bond donors (Lipinski definition) is 2. The molecule has 0 spiro atoms. The smallest absolute Gasteiger partial charge is 0.268 e. The number of benzene rings is 1. The average Bonchev–Trinajstić information content (AvgIpc) is 2.95. The average molecular weight is 339 g/mol. The number of primary amides is 1. The van der Waals surface area contributed by atoms with Crippen molar-refractivity contribution < 1.29 is 18.0 Å². The van der Waals surface area contributed by atoms with Crippen molar-refractivity contribution in [2.24, 2.45) is 5.73 Å². The molecule has 2 amide bonds. The van der Waals surface area contributed by atoms with Crippen molar-refractivity contribution in [3.8, 4) is 0 Å². The predicted molar refractivity (Wildman–Crippen MR) is 81.0 cm³/mol. The molecule has 0 saturated carbocycles. The van der Waals surface area contributed by atoms with Crippen LogP contribution in [0.4, 0.5) is 0 Å². The highest BCUT2D eigenvalue weighted by Crippen LogP contribution is 2.11. The standard InChI is InChI=1S/C13H13N3O4S2/c14-13(18)10-7-21-12(16-10)6-15-11(17)8-22(19,20)9-4-2-1-3-5-9/h1-5,7H,6,8H2,(H2,14,18)(H,15,17). The molecular formula is C13H13N3O4S2. The second-order valence-corrected chi connectivity index (χ2v) is 7.27. The van der Waals surface area contributed by atoms with Gasteiger partial charge in [-0.2, -0.15) is 0 Å². The highest BCUT2D eigenvalue weighted by molar-refractivity contribution is 7.92. The van der Waals surface area contributed by atoms with Crippen molar-refractivity contribution in [3.63, 3.8) is 0 Å². The zero-order chi connectivity index (χ0) is 16.2. The molecule has 2 rings (SSSR count). The first-order chi connectivity index (χ1) is 10.4. The summed E-state index contributed by atoms with van der Waals surface area (Å²) in [4.78, 5) is 26.6. The van der Waals surface area contributed by atoms with Crippen LogP contribution in [-0.2, 0) is 21.2 Å². The third kappa shape index (κ3) is 4.12. The first-order valence-electron chi connectivity index (χ1n) is 6.17. The number of hydrogen-bond acceptors (Lipinski definition) is 6. The van der Waals surface area contributed by atoms with Gasteiger partial charge < -0.3 is 11.1 Å². The summed E-state index contributed by atoms with van der Waals surface area (Å²) in [6, 6.07) is 7.74. The maximum absolute atomic E-state index is 12.0. The Labute approximate surface area is 131 Å². The normalized spacial score (nSPS) is 11.1. The topological polar surface area (TPSA) is 119 Å². The highest BCUT2D eigenvalue weighted by Gasteiger charge is 2.19. The van der Waals surface area contributed by atoms with Gasteiger partial charge >= 0.3 is 0 Å². The number of nitrogens with two attached hydrogens (primary N) is 1. The Bertz CT molecular complexity index is 785. The van der Waals surface area contributed by atoms with Crippen LogP contribution in [0.5, 0.6) is 0 Å². The van der Waals surface area contributed by atoms with Gasteiger partial charge in [-0.25, -0.2) is 13.4 Å².